The van der Waals surface area contributed by atoms with Gasteiger partial charge >= 0.3 is 5.97 Å². The molecule has 0 rings (SSSR count). The van der Waals surface area contributed by atoms with Crippen molar-refractivity contribution in [1.29, 1.82) is 0 Å². The lowest BCUT2D eigenvalue weighted by Crippen LogP contribution is -2.42. The number of hydrogen-bond donors (Lipinski definition) is 5. The highest BCUT2D eigenvalue weighted by atomic mass is 16.4. The summed E-state index contributed by atoms with van der Waals surface area (Å²) in [7, 11) is 0. The van der Waals surface area contributed by atoms with E-state index in [0.717, 1.165) is 44.9 Å². The van der Waals surface area contributed by atoms with Crippen LogP contribution >= 0.6 is 0 Å². The zero-order chi connectivity index (χ0) is 29.8. The van der Waals surface area contributed by atoms with Crippen LogP contribution in [-0.4, -0.2) is 65.9 Å². The van der Waals surface area contributed by atoms with E-state index in [1.54, 1.807) is 0 Å². The van der Waals surface area contributed by atoms with Crippen LogP contribution in [0.2, 0.25) is 0 Å². The van der Waals surface area contributed by atoms with Crippen LogP contribution in [0.3, 0.4) is 0 Å². The predicted molar refractivity (Wildman–Crippen MR) is 160 cm³/mol. The second kappa shape index (κ2) is 27.3. The summed E-state index contributed by atoms with van der Waals surface area (Å²) >= 11 is 0. The zero-order valence-electron chi connectivity index (χ0n) is 25.2. The lowest BCUT2D eigenvalue weighted by atomic mass is 9.93. The molecule has 0 saturated carbocycles. The van der Waals surface area contributed by atoms with E-state index in [2.05, 4.69) is 10.6 Å². The third kappa shape index (κ3) is 24.0. The van der Waals surface area contributed by atoms with Crippen molar-refractivity contribution in [3.05, 3.63) is 0 Å². The summed E-state index contributed by atoms with van der Waals surface area (Å²) in [5.41, 5.74) is 5.67. The van der Waals surface area contributed by atoms with Gasteiger partial charge in [0.1, 0.15) is 11.6 Å². The molecule has 0 aromatic rings. The first-order valence-corrected chi connectivity index (χ1v) is 15.9. The number of carbonyl (C=O) groups excluding carboxylic acids is 3. The average Bonchev–Trinajstić information content (AvgIpc) is 2.91. The van der Waals surface area contributed by atoms with Crippen molar-refractivity contribution >= 4 is 23.4 Å². The first kappa shape index (κ1) is 38.2. The van der Waals surface area contributed by atoms with E-state index >= 15 is 0 Å². The average molecular weight is 570 g/mol. The molecule has 0 saturated heterocycles. The van der Waals surface area contributed by atoms with Gasteiger partial charge in [0.05, 0.1) is 19.2 Å². The Hall–Kier alpha value is -1.84. The minimum Gasteiger partial charge on any atom is -0.481 e. The van der Waals surface area contributed by atoms with Crippen molar-refractivity contribution in [3.63, 3.8) is 0 Å². The Balaban J connectivity index is 3.61. The molecule has 0 unspecified atom stereocenters. The molecule has 0 aromatic heterocycles. The number of amides is 1. The summed E-state index contributed by atoms with van der Waals surface area (Å²) in [6.07, 6.45) is 20.1. The van der Waals surface area contributed by atoms with Crippen molar-refractivity contribution in [3.8, 4) is 0 Å². The molecule has 0 bridgehead atoms. The summed E-state index contributed by atoms with van der Waals surface area (Å²) in [4.78, 5) is 46.4. The normalized spacial score (nSPS) is 12.7. The van der Waals surface area contributed by atoms with Gasteiger partial charge in [0.2, 0.25) is 5.91 Å². The predicted octanol–water partition coefficient (Wildman–Crippen LogP) is 4.67. The van der Waals surface area contributed by atoms with Gasteiger partial charge in [-0.2, -0.15) is 0 Å². The van der Waals surface area contributed by atoms with E-state index < -0.39 is 12.0 Å². The standard InChI is InChI=1S/C31H59N3O6/c1-26(36)28(25-35)34-24-29(37)27(21-22-32)18-16-17-23-33-30(38)19-14-12-10-8-6-4-2-3-5-7-9-11-13-15-20-31(39)40/h27-28,34-35H,2-25,32H2,1H3,(H,33,38)(H,39,40)/t27-,28-/m0/s1. The summed E-state index contributed by atoms with van der Waals surface area (Å²) < 4.78 is 0. The van der Waals surface area contributed by atoms with Gasteiger partial charge in [-0.25, -0.2) is 0 Å². The molecule has 6 N–H and O–H groups in total. The Labute approximate surface area is 242 Å². The molecule has 0 aliphatic rings. The number of carboxylic acid groups (broad SMARTS) is 1. The third-order valence-corrected chi connectivity index (χ3v) is 7.51. The van der Waals surface area contributed by atoms with Crippen molar-refractivity contribution in [2.75, 3.05) is 26.2 Å². The van der Waals surface area contributed by atoms with Crippen LogP contribution in [0, 0.1) is 5.92 Å². The molecule has 0 spiro atoms. The number of unbranched alkanes of at least 4 members (excludes halogenated alkanes) is 14. The van der Waals surface area contributed by atoms with Crippen LogP contribution in [0.25, 0.3) is 0 Å². The molecular formula is C31H59N3O6. The van der Waals surface area contributed by atoms with Gasteiger partial charge in [-0.1, -0.05) is 83.5 Å². The third-order valence-electron chi connectivity index (χ3n) is 7.51. The van der Waals surface area contributed by atoms with E-state index in [-0.39, 0.29) is 36.5 Å². The minimum absolute atomic E-state index is 0.00693. The number of aliphatic carboxylic acids is 1. The molecule has 9 heteroatoms. The Kier molecular flexibility index (Phi) is 26.1. The molecule has 0 aliphatic heterocycles. The van der Waals surface area contributed by atoms with Gasteiger partial charge in [-0.15, -0.1) is 0 Å². The number of rotatable bonds is 30. The summed E-state index contributed by atoms with van der Waals surface area (Å²) in [6.45, 7) is 2.14. The number of nitrogens with one attached hydrogen (secondary N) is 2. The molecule has 234 valence electrons. The van der Waals surface area contributed by atoms with E-state index in [1.165, 1.54) is 64.7 Å². The molecule has 1 amide bonds. The highest BCUT2D eigenvalue weighted by Gasteiger charge is 2.20. The largest absolute Gasteiger partial charge is 0.481 e. The molecule has 9 nitrogen and oxygen atoms in total. The number of aliphatic hydroxyl groups excluding tert-OH is 1. The van der Waals surface area contributed by atoms with Gasteiger partial charge in [0.15, 0.2) is 0 Å². The Bertz CT molecular complexity index is 673. The van der Waals surface area contributed by atoms with Crippen LogP contribution in [0.1, 0.15) is 135 Å². The van der Waals surface area contributed by atoms with E-state index in [4.69, 9.17) is 10.8 Å². The fourth-order valence-corrected chi connectivity index (χ4v) is 4.89. The quantitative estimate of drug-likeness (QED) is 0.0780. The van der Waals surface area contributed by atoms with Crippen LogP contribution < -0.4 is 16.4 Å². The van der Waals surface area contributed by atoms with Gasteiger partial charge in [-0.3, -0.25) is 24.5 Å². The maximum atomic E-state index is 12.5. The Morgan fingerprint density at radius 1 is 0.700 bits per heavy atom. The molecule has 0 heterocycles. The zero-order valence-corrected chi connectivity index (χ0v) is 25.2. The maximum absolute atomic E-state index is 12.5. The highest BCUT2D eigenvalue weighted by molar-refractivity contribution is 5.85. The number of ketones is 2. The number of Topliss-reactive ketones (excluding diaryl/α,β-unsaturated/α-hetero) is 2. The second-order valence-corrected chi connectivity index (χ2v) is 11.2. The molecule has 40 heavy (non-hydrogen) atoms. The first-order chi connectivity index (χ1) is 19.3. The van der Waals surface area contributed by atoms with E-state index in [9.17, 15) is 24.3 Å². The smallest absolute Gasteiger partial charge is 0.303 e. The number of carboxylic acids is 1. The van der Waals surface area contributed by atoms with Crippen LogP contribution in [-0.2, 0) is 19.2 Å². The number of nitrogens with two attached hydrogens (primary N) is 1. The van der Waals surface area contributed by atoms with Crippen molar-refractivity contribution in [2.24, 2.45) is 11.7 Å². The number of hydrogen-bond acceptors (Lipinski definition) is 7. The first-order valence-electron chi connectivity index (χ1n) is 15.9. The molecule has 2 atom stereocenters. The van der Waals surface area contributed by atoms with Crippen molar-refractivity contribution in [1.82, 2.24) is 10.6 Å². The molecule has 0 aliphatic carbocycles. The van der Waals surface area contributed by atoms with Gasteiger partial charge < -0.3 is 21.3 Å². The highest BCUT2D eigenvalue weighted by Crippen LogP contribution is 2.15. The van der Waals surface area contributed by atoms with Crippen LogP contribution in [0.15, 0.2) is 0 Å². The fourth-order valence-electron chi connectivity index (χ4n) is 4.89. The minimum atomic E-state index is -0.709. The monoisotopic (exact) mass is 569 g/mol. The SMILES string of the molecule is CC(=O)[C@H](CO)NCC(=O)[C@H](CCN)CCCCNC(=O)CCCCCCCCCCCCCCCCC(=O)O. The van der Waals surface area contributed by atoms with Crippen molar-refractivity contribution in [2.45, 2.75) is 141 Å². The fraction of sp³-hybridized carbons (Fsp3) is 0.871. The summed E-state index contributed by atoms with van der Waals surface area (Å²) in [6, 6.07) is -0.709. The lowest BCUT2D eigenvalue weighted by molar-refractivity contribution is -0.137. The molecule has 0 fully saturated rings. The number of aliphatic hydroxyl groups is 1. The second-order valence-electron chi connectivity index (χ2n) is 11.2. The Morgan fingerprint density at radius 3 is 1.65 bits per heavy atom. The Morgan fingerprint density at radius 2 is 1.20 bits per heavy atom. The molecule has 0 aromatic carbocycles. The molecule has 0 radical (unpaired) electrons. The lowest BCUT2D eigenvalue weighted by Gasteiger charge is -2.18. The van der Waals surface area contributed by atoms with Crippen LogP contribution in [0.5, 0.6) is 0 Å². The van der Waals surface area contributed by atoms with E-state index in [0.29, 0.717) is 38.8 Å². The molecular weight excluding hydrogens is 510 g/mol. The summed E-state index contributed by atoms with van der Waals surface area (Å²) in [5, 5.41) is 23.6. The summed E-state index contributed by atoms with van der Waals surface area (Å²) in [5.74, 6) is -0.953. The maximum Gasteiger partial charge on any atom is 0.303 e. The van der Waals surface area contributed by atoms with Gasteiger partial charge in [0.25, 0.3) is 0 Å². The van der Waals surface area contributed by atoms with Gasteiger partial charge in [-0.05, 0) is 45.6 Å². The van der Waals surface area contributed by atoms with Gasteiger partial charge in [0, 0.05) is 25.3 Å². The van der Waals surface area contributed by atoms with Crippen molar-refractivity contribution < 1.29 is 29.4 Å². The van der Waals surface area contributed by atoms with E-state index in [1.807, 2.05) is 0 Å². The number of carbonyl (C=O) groups is 4. The van der Waals surface area contributed by atoms with Crippen LogP contribution in [0.4, 0.5) is 0 Å². The topological polar surface area (TPSA) is 159 Å².